The van der Waals surface area contributed by atoms with Gasteiger partial charge in [0.15, 0.2) is 0 Å². The Bertz CT molecular complexity index is 470. The van der Waals surface area contributed by atoms with Crippen molar-refractivity contribution in [2.45, 2.75) is 38.3 Å². The van der Waals surface area contributed by atoms with E-state index in [1.54, 1.807) is 11.9 Å². The van der Waals surface area contributed by atoms with Crippen molar-refractivity contribution in [1.82, 2.24) is 4.90 Å². The maximum atomic E-state index is 12.2. The van der Waals surface area contributed by atoms with Gasteiger partial charge >= 0.3 is 6.03 Å². The summed E-state index contributed by atoms with van der Waals surface area (Å²) < 4.78 is 5.66. The van der Waals surface area contributed by atoms with Crippen molar-refractivity contribution >= 4 is 11.7 Å². The first-order chi connectivity index (χ1) is 10.1. The Labute approximate surface area is 126 Å². The van der Waals surface area contributed by atoms with E-state index in [0.717, 1.165) is 30.7 Å². The van der Waals surface area contributed by atoms with E-state index in [1.807, 2.05) is 31.2 Å². The van der Waals surface area contributed by atoms with Crippen LogP contribution in [0.3, 0.4) is 0 Å². The molecule has 1 heterocycles. The number of carbonyl (C=O) groups is 1. The minimum Gasteiger partial charge on any atom is -0.376 e. The van der Waals surface area contributed by atoms with Gasteiger partial charge in [-0.1, -0.05) is 12.1 Å². The topological polar surface area (TPSA) is 67.6 Å². The summed E-state index contributed by atoms with van der Waals surface area (Å²) in [6.45, 7) is 3.35. The van der Waals surface area contributed by atoms with Gasteiger partial charge in [-0.05, 0) is 43.9 Å². The molecule has 0 radical (unpaired) electrons. The molecule has 1 aromatic carbocycles. The largest absolute Gasteiger partial charge is 0.376 e. The lowest BCUT2D eigenvalue weighted by molar-refractivity contribution is 0.00463. The number of carbonyl (C=O) groups excluding carboxylic acids is 1. The van der Waals surface area contributed by atoms with Crippen LogP contribution in [0.25, 0.3) is 0 Å². The van der Waals surface area contributed by atoms with Gasteiger partial charge in [0.05, 0.1) is 6.10 Å². The third-order valence-electron chi connectivity index (χ3n) is 3.76. The zero-order valence-electron chi connectivity index (χ0n) is 12.8. The zero-order chi connectivity index (χ0) is 15.2. The van der Waals surface area contributed by atoms with E-state index in [2.05, 4.69) is 5.32 Å². The number of hydrogen-bond donors (Lipinski definition) is 2. The number of hydrogen-bond acceptors (Lipinski definition) is 3. The highest BCUT2D eigenvalue weighted by molar-refractivity contribution is 5.89. The molecular weight excluding hydrogens is 266 g/mol. The molecule has 1 aliphatic heterocycles. The Kier molecular flexibility index (Phi) is 5.59. The molecule has 0 aliphatic carbocycles. The molecule has 21 heavy (non-hydrogen) atoms. The number of ether oxygens (including phenoxy) is 1. The van der Waals surface area contributed by atoms with Crippen LogP contribution in [-0.4, -0.2) is 37.2 Å². The SMILES string of the molecule is CC(N)c1cccc(NC(=O)N(C)CC2CCCCO2)c1. The number of likely N-dealkylation sites (N-methyl/N-ethyl adjacent to an activating group) is 1. The summed E-state index contributed by atoms with van der Waals surface area (Å²) in [6.07, 6.45) is 3.48. The maximum absolute atomic E-state index is 12.2. The van der Waals surface area contributed by atoms with Crippen molar-refractivity contribution in [3.05, 3.63) is 29.8 Å². The fourth-order valence-corrected chi connectivity index (χ4v) is 2.46. The predicted octanol–water partition coefficient (Wildman–Crippen LogP) is 2.74. The number of nitrogens with one attached hydrogen (secondary N) is 1. The molecule has 2 rings (SSSR count). The molecule has 1 aromatic rings. The number of nitrogens with zero attached hydrogens (tertiary/aromatic N) is 1. The monoisotopic (exact) mass is 291 g/mol. The van der Waals surface area contributed by atoms with Gasteiger partial charge in [-0.3, -0.25) is 0 Å². The highest BCUT2D eigenvalue weighted by Crippen LogP contribution is 2.17. The highest BCUT2D eigenvalue weighted by Gasteiger charge is 2.18. The third kappa shape index (κ3) is 4.72. The highest BCUT2D eigenvalue weighted by atomic mass is 16.5. The average molecular weight is 291 g/mol. The van der Waals surface area contributed by atoms with Crippen LogP contribution >= 0.6 is 0 Å². The van der Waals surface area contributed by atoms with Crippen molar-refractivity contribution < 1.29 is 9.53 Å². The number of anilines is 1. The molecule has 2 amide bonds. The molecule has 2 atom stereocenters. The number of benzene rings is 1. The second-order valence-electron chi connectivity index (χ2n) is 5.71. The molecule has 3 N–H and O–H groups in total. The fourth-order valence-electron chi connectivity index (χ4n) is 2.46. The van der Waals surface area contributed by atoms with Crippen molar-refractivity contribution in [3.8, 4) is 0 Å². The lowest BCUT2D eigenvalue weighted by Crippen LogP contribution is -2.39. The Morgan fingerprint density at radius 2 is 2.33 bits per heavy atom. The summed E-state index contributed by atoms with van der Waals surface area (Å²) in [4.78, 5) is 13.9. The van der Waals surface area contributed by atoms with E-state index in [-0.39, 0.29) is 18.2 Å². The van der Waals surface area contributed by atoms with E-state index in [4.69, 9.17) is 10.5 Å². The van der Waals surface area contributed by atoms with Crippen LogP contribution < -0.4 is 11.1 Å². The van der Waals surface area contributed by atoms with Crippen molar-refractivity contribution in [1.29, 1.82) is 0 Å². The Morgan fingerprint density at radius 1 is 1.52 bits per heavy atom. The average Bonchev–Trinajstić information content (AvgIpc) is 2.48. The smallest absolute Gasteiger partial charge is 0.321 e. The van der Waals surface area contributed by atoms with Crippen molar-refractivity contribution in [3.63, 3.8) is 0 Å². The summed E-state index contributed by atoms with van der Waals surface area (Å²) in [5.41, 5.74) is 7.63. The summed E-state index contributed by atoms with van der Waals surface area (Å²) in [5.74, 6) is 0. The maximum Gasteiger partial charge on any atom is 0.321 e. The number of rotatable bonds is 4. The lowest BCUT2D eigenvalue weighted by atomic mass is 10.1. The van der Waals surface area contributed by atoms with Crippen LogP contribution in [0.4, 0.5) is 10.5 Å². The van der Waals surface area contributed by atoms with Gasteiger partial charge in [-0.25, -0.2) is 4.79 Å². The van der Waals surface area contributed by atoms with Crippen LogP contribution in [0.2, 0.25) is 0 Å². The standard InChI is InChI=1S/C16H25N3O2/c1-12(17)13-6-5-7-14(10-13)18-16(20)19(2)11-15-8-3-4-9-21-15/h5-7,10,12,15H,3-4,8-9,11,17H2,1-2H3,(H,18,20). The van der Waals surface area contributed by atoms with E-state index in [1.165, 1.54) is 6.42 Å². The second kappa shape index (κ2) is 7.43. The summed E-state index contributed by atoms with van der Waals surface area (Å²) in [6, 6.07) is 7.47. The minimum absolute atomic E-state index is 0.0461. The molecule has 0 aromatic heterocycles. The zero-order valence-corrected chi connectivity index (χ0v) is 12.8. The quantitative estimate of drug-likeness (QED) is 0.896. The van der Waals surface area contributed by atoms with Crippen LogP contribution in [0, 0.1) is 0 Å². The first kappa shape index (κ1) is 15.8. The minimum atomic E-state index is -0.119. The molecule has 2 unspecified atom stereocenters. The van der Waals surface area contributed by atoms with Crippen LogP contribution in [0.1, 0.15) is 37.8 Å². The molecule has 5 heteroatoms. The van der Waals surface area contributed by atoms with Gasteiger partial charge in [0.1, 0.15) is 0 Å². The van der Waals surface area contributed by atoms with E-state index in [9.17, 15) is 4.79 Å². The number of nitrogens with two attached hydrogens (primary N) is 1. The second-order valence-corrected chi connectivity index (χ2v) is 5.71. The summed E-state index contributed by atoms with van der Waals surface area (Å²) >= 11 is 0. The van der Waals surface area contributed by atoms with Gasteiger partial charge in [0, 0.05) is 31.9 Å². The van der Waals surface area contributed by atoms with Crippen molar-refractivity contribution in [2.24, 2.45) is 5.73 Å². The van der Waals surface area contributed by atoms with E-state index >= 15 is 0 Å². The lowest BCUT2D eigenvalue weighted by Gasteiger charge is -2.27. The molecule has 5 nitrogen and oxygen atoms in total. The van der Waals surface area contributed by atoms with Gasteiger partial charge in [0.2, 0.25) is 0 Å². The van der Waals surface area contributed by atoms with E-state index < -0.39 is 0 Å². The van der Waals surface area contributed by atoms with Gasteiger partial charge < -0.3 is 20.7 Å². The fraction of sp³-hybridized carbons (Fsp3) is 0.562. The first-order valence-corrected chi connectivity index (χ1v) is 7.55. The molecule has 1 aliphatic rings. The van der Waals surface area contributed by atoms with E-state index in [0.29, 0.717) is 6.54 Å². The van der Waals surface area contributed by atoms with Crippen LogP contribution in [0.5, 0.6) is 0 Å². The molecule has 0 bridgehead atoms. The van der Waals surface area contributed by atoms with Crippen molar-refractivity contribution in [2.75, 3.05) is 25.5 Å². The Hall–Kier alpha value is -1.59. The number of urea groups is 1. The van der Waals surface area contributed by atoms with Gasteiger partial charge in [-0.15, -0.1) is 0 Å². The number of amides is 2. The molecule has 0 spiro atoms. The molecule has 0 saturated carbocycles. The van der Waals surface area contributed by atoms with Gasteiger partial charge in [-0.2, -0.15) is 0 Å². The normalized spacial score (nSPS) is 19.9. The molecular formula is C16H25N3O2. The third-order valence-corrected chi connectivity index (χ3v) is 3.76. The van der Waals surface area contributed by atoms with Crippen LogP contribution in [0.15, 0.2) is 24.3 Å². The molecule has 1 saturated heterocycles. The van der Waals surface area contributed by atoms with Crippen LogP contribution in [-0.2, 0) is 4.74 Å². The summed E-state index contributed by atoms with van der Waals surface area (Å²) in [7, 11) is 1.79. The Balaban J connectivity index is 1.89. The predicted molar refractivity (Wildman–Crippen MR) is 84.3 cm³/mol. The molecule has 1 fully saturated rings. The summed E-state index contributed by atoms with van der Waals surface area (Å²) in [5, 5.41) is 2.90. The Morgan fingerprint density at radius 3 is 3.00 bits per heavy atom. The molecule has 116 valence electrons. The van der Waals surface area contributed by atoms with Gasteiger partial charge in [0.25, 0.3) is 0 Å². The first-order valence-electron chi connectivity index (χ1n) is 7.55.